The lowest BCUT2D eigenvalue weighted by Crippen LogP contribution is -2.01. The van der Waals surface area contributed by atoms with Crippen molar-refractivity contribution in [3.8, 4) is 6.07 Å². The van der Waals surface area contributed by atoms with E-state index < -0.39 is 0 Å². The summed E-state index contributed by atoms with van der Waals surface area (Å²) in [5.74, 6) is -0.212. The van der Waals surface area contributed by atoms with Gasteiger partial charge in [-0.25, -0.2) is 0 Å². The minimum Gasteiger partial charge on any atom is -0.289 e. The van der Waals surface area contributed by atoms with E-state index in [1.165, 1.54) is 18.2 Å². The largest absolute Gasteiger partial charge is 0.289 e. The van der Waals surface area contributed by atoms with E-state index in [0.717, 1.165) is 0 Å². The lowest BCUT2D eigenvalue weighted by molar-refractivity contribution is 0.103. The van der Waals surface area contributed by atoms with Crippen LogP contribution < -0.4 is 0 Å². The summed E-state index contributed by atoms with van der Waals surface area (Å²) < 4.78 is 0. The number of carbonyl (C=O) groups is 1. The summed E-state index contributed by atoms with van der Waals surface area (Å²) in [4.78, 5) is 12.2. The maximum absolute atomic E-state index is 12.2. The lowest BCUT2D eigenvalue weighted by Gasteiger charge is -2.03. The van der Waals surface area contributed by atoms with Crippen LogP contribution in [0.3, 0.4) is 0 Å². The van der Waals surface area contributed by atoms with Gasteiger partial charge in [-0.15, -0.1) is 0 Å². The highest BCUT2D eigenvalue weighted by atomic mass is 35.5. The van der Waals surface area contributed by atoms with Gasteiger partial charge in [0, 0.05) is 21.2 Å². The summed E-state index contributed by atoms with van der Waals surface area (Å²) in [5.41, 5.74) is 1.20. The first-order valence-corrected chi connectivity index (χ1v) is 5.87. The molecule has 2 aromatic rings. The Morgan fingerprint density at radius 3 is 2.39 bits per heavy atom. The Morgan fingerprint density at radius 2 is 1.72 bits per heavy atom. The van der Waals surface area contributed by atoms with Gasteiger partial charge in [-0.05, 0) is 30.3 Å². The number of nitrogens with zero attached hydrogens (tertiary/aromatic N) is 1. The van der Waals surface area contributed by atoms with Gasteiger partial charge in [0.05, 0.1) is 11.6 Å². The van der Waals surface area contributed by atoms with Gasteiger partial charge in [-0.3, -0.25) is 4.79 Å². The summed E-state index contributed by atoms with van der Waals surface area (Å²) in [6, 6.07) is 13.2. The topological polar surface area (TPSA) is 40.9 Å². The Hall–Kier alpha value is -1.82. The van der Waals surface area contributed by atoms with E-state index in [0.29, 0.717) is 26.7 Å². The molecule has 0 aromatic heterocycles. The second-order valence-electron chi connectivity index (χ2n) is 3.68. The SMILES string of the molecule is N#Cc1cc(Cl)cc(C(=O)c2cccc(Cl)c2)c1. The number of hydrogen-bond acceptors (Lipinski definition) is 2. The fourth-order valence-corrected chi connectivity index (χ4v) is 2.01. The van der Waals surface area contributed by atoms with E-state index >= 15 is 0 Å². The molecule has 0 unspecified atom stereocenters. The van der Waals surface area contributed by atoms with Gasteiger partial charge in [-0.2, -0.15) is 5.26 Å². The second kappa shape index (κ2) is 5.22. The van der Waals surface area contributed by atoms with Crippen LogP contribution in [0.4, 0.5) is 0 Å². The molecule has 0 atom stereocenters. The van der Waals surface area contributed by atoms with Crippen LogP contribution >= 0.6 is 23.2 Å². The highest BCUT2D eigenvalue weighted by Crippen LogP contribution is 2.19. The Labute approximate surface area is 114 Å². The van der Waals surface area contributed by atoms with Crippen molar-refractivity contribution in [1.29, 1.82) is 5.26 Å². The van der Waals surface area contributed by atoms with Gasteiger partial charge in [0.15, 0.2) is 5.78 Å². The predicted octanol–water partition coefficient (Wildman–Crippen LogP) is 4.10. The average Bonchev–Trinajstić information content (AvgIpc) is 2.37. The third-order valence-corrected chi connectivity index (χ3v) is 2.83. The zero-order chi connectivity index (χ0) is 13.1. The van der Waals surface area contributed by atoms with E-state index in [1.807, 2.05) is 6.07 Å². The molecule has 0 spiro atoms. The predicted molar refractivity (Wildman–Crippen MR) is 71.1 cm³/mol. The molecule has 2 nitrogen and oxygen atoms in total. The van der Waals surface area contributed by atoms with Crippen molar-refractivity contribution in [1.82, 2.24) is 0 Å². The van der Waals surface area contributed by atoms with Crippen LogP contribution in [-0.2, 0) is 0 Å². The molecule has 0 heterocycles. The summed E-state index contributed by atoms with van der Waals surface area (Å²) in [6.45, 7) is 0. The Kier molecular flexibility index (Phi) is 3.66. The molecule has 0 aliphatic heterocycles. The van der Waals surface area contributed by atoms with Gasteiger partial charge < -0.3 is 0 Å². The van der Waals surface area contributed by atoms with Crippen molar-refractivity contribution in [2.24, 2.45) is 0 Å². The highest BCUT2D eigenvalue weighted by molar-refractivity contribution is 6.32. The molecule has 0 radical (unpaired) electrons. The highest BCUT2D eigenvalue weighted by Gasteiger charge is 2.11. The molecule has 0 aliphatic rings. The molecule has 2 rings (SSSR count). The molecule has 2 aromatic carbocycles. The zero-order valence-corrected chi connectivity index (χ0v) is 10.7. The Morgan fingerprint density at radius 1 is 1.00 bits per heavy atom. The molecule has 0 amide bonds. The first-order chi connectivity index (χ1) is 8.60. The number of halogens is 2. The van der Waals surface area contributed by atoms with Crippen LogP contribution in [0, 0.1) is 11.3 Å². The van der Waals surface area contributed by atoms with Crippen LogP contribution in [-0.4, -0.2) is 5.78 Å². The molecule has 0 saturated carbocycles. The van der Waals surface area contributed by atoms with E-state index in [-0.39, 0.29) is 5.78 Å². The molecular formula is C14H7Cl2NO. The summed E-state index contributed by atoms with van der Waals surface area (Å²) in [6.07, 6.45) is 0. The normalized spacial score (nSPS) is 9.83. The number of ketones is 1. The summed E-state index contributed by atoms with van der Waals surface area (Å²) in [5, 5.41) is 9.69. The van der Waals surface area contributed by atoms with Gasteiger partial charge >= 0.3 is 0 Å². The smallest absolute Gasteiger partial charge is 0.193 e. The van der Waals surface area contributed by atoms with E-state index in [4.69, 9.17) is 28.5 Å². The molecule has 88 valence electrons. The Balaban J connectivity index is 2.46. The number of rotatable bonds is 2. The lowest BCUT2D eigenvalue weighted by atomic mass is 10.0. The van der Waals surface area contributed by atoms with Crippen LogP contribution in [0.15, 0.2) is 42.5 Å². The van der Waals surface area contributed by atoms with Crippen LogP contribution in [0.2, 0.25) is 10.0 Å². The zero-order valence-electron chi connectivity index (χ0n) is 9.15. The third-order valence-electron chi connectivity index (χ3n) is 2.38. The maximum atomic E-state index is 12.2. The monoisotopic (exact) mass is 275 g/mol. The van der Waals surface area contributed by atoms with Crippen molar-refractivity contribution in [2.45, 2.75) is 0 Å². The third kappa shape index (κ3) is 2.70. The molecule has 4 heteroatoms. The maximum Gasteiger partial charge on any atom is 0.193 e. The van der Waals surface area contributed by atoms with E-state index in [9.17, 15) is 4.79 Å². The van der Waals surface area contributed by atoms with Crippen LogP contribution in [0.5, 0.6) is 0 Å². The quantitative estimate of drug-likeness (QED) is 0.775. The summed E-state index contributed by atoms with van der Waals surface area (Å²) in [7, 11) is 0. The van der Waals surface area contributed by atoms with Crippen molar-refractivity contribution in [2.75, 3.05) is 0 Å². The molecule has 0 N–H and O–H groups in total. The summed E-state index contributed by atoms with van der Waals surface area (Å²) >= 11 is 11.7. The van der Waals surface area contributed by atoms with Gasteiger partial charge in [-0.1, -0.05) is 35.3 Å². The standard InChI is InChI=1S/C14H7Cl2NO/c15-12-3-1-2-10(6-12)14(18)11-4-9(8-17)5-13(16)7-11/h1-7H. The van der Waals surface area contributed by atoms with Crippen molar-refractivity contribution < 1.29 is 4.79 Å². The van der Waals surface area contributed by atoms with E-state index in [1.54, 1.807) is 24.3 Å². The minimum absolute atomic E-state index is 0.212. The molecular weight excluding hydrogens is 269 g/mol. The first kappa shape index (κ1) is 12.6. The number of benzene rings is 2. The van der Waals surface area contributed by atoms with Crippen molar-refractivity contribution in [3.05, 3.63) is 69.2 Å². The molecule has 0 fully saturated rings. The molecule has 0 aliphatic carbocycles. The van der Waals surface area contributed by atoms with Crippen molar-refractivity contribution >= 4 is 29.0 Å². The number of nitriles is 1. The first-order valence-electron chi connectivity index (χ1n) is 5.11. The van der Waals surface area contributed by atoms with Gasteiger partial charge in [0.2, 0.25) is 0 Å². The van der Waals surface area contributed by atoms with Gasteiger partial charge in [0.1, 0.15) is 0 Å². The minimum atomic E-state index is -0.212. The Bertz CT molecular complexity index is 659. The molecule has 18 heavy (non-hydrogen) atoms. The molecule has 0 bridgehead atoms. The van der Waals surface area contributed by atoms with Crippen molar-refractivity contribution in [3.63, 3.8) is 0 Å². The fourth-order valence-electron chi connectivity index (χ4n) is 1.58. The average molecular weight is 276 g/mol. The molecule has 0 saturated heterocycles. The fraction of sp³-hybridized carbons (Fsp3) is 0. The van der Waals surface area contributed by atoms with E-state index in [2.05, 4.69) is 0 Å². The second-order valence-corrected chi connectivity index (χ2v) is 4.55. The van der Waals surface area contributed by atoms with Crippen LogP contribution in [0.25, 0.3) is 0 Å². The van der Waals surface area contributed by atoms with Crippen LogP contribution in [0.1, 0.15) is 21.5 Å². The van der Waals surface area contributed by atoms with Gasteiger partial charge in [0.25, 0.3) is 0 Å². The number of carbonyl (C=O) groups excluding carboxylic acids is 1. The number of hydrogen-bond donors (Lipinski definition) is 0.